The Bertz CT molecular complexity index is 998. The molecule has 0 bridgehead atoms. The first-order valence-corrected chi connectivity index (χ1v) is 10.3. The van der Waals surface area contributed by atoms with Crippen molar-refractivity contribution in [1.82, 2.24) is 9.97 Å². The van der Waals surface area contributed by atoms with Crippen LogP contribution in [0.4, 0.5) is 5.95 Å². The second-order valence-corrected chi connectivity index (χ2v) is 7.58. The van der Waals surface area contributed by atoms with Gasteiger partial charge in [-0.2, -0.15) is 0 Å². The number of esters is 1. The number of benzene rings is 2. The number of hydrogen-bond donors (Lipinski definition) is 1. The fraction of sp³-hybridized carbons (Fsp3) is 0.150. The van der Waals surface area contributed by atoms with Gasteiger partial charge in [0.05, 0.1) is 18.0 Å². The van der Waals surface area contributed by atoms with Crippen LogP contribution in [0.2, 0.25) is 0 Å². The standard InChI is InChI=1S/C20H19N3O4S/c1-2-27-19(24)14-28(25,26)23-20-21-17(15-9-5-3-6-10-15)13-18(22-20)16-11-7-4-8-12-16/h3-13H,2,14H2,1H3,(H,21,22,23). The lowest BCUT2D eigenvalue weighted by Crippen LogP contribution is -2.25. The van der Waals surface area contributed by atoms with E-state index in [1.807, 2.05) is 60.7 Å². The van der Waals surface area contributed by atoms with Gasteiger partial charge in [-0.1, -0.05) is 60.7 Å². The Morgan fingerprint density at radius 3 is 1.89 bits per heavy atom. The SMILES string of the molecule is CCOC(=O)CS(=O)(=O)Nc1nc(-c2ccccc2)cc(-c2ccccc2)n1. The van der Waals surface area contributed by atoms with Gasteiger partial charge in [-0.25, -0.2) is 18.4 Å². The van der Waals surface area contributed by atoms with Crippen LogP contribution < -0.4 is 4.72 Å². The number of hydrogen-bond acceptors (Lipinski definition) is 6. The van der Waals surface area contributed by atoms with Gasteiger partial charge in [-0.05, 0) is 13.0 Å². The molecule has 1 aromatic heterocycles. The Hall–Kier alpha value is -3.26. The first kappa shape index (κ1) is 19.5. The van der Waals surface area contributed by atoms with Crippen molar-refractivity contribution in [3.63, 3.8) is 0 Å². The normalized spacial score (nSPS) is 11.0. The molecular weight excluding hydrogens is 378 g/mol. The summed E-state index contributed by atoms with van der Waals surface area (Å²) in [4.78, 5) is 20.2. The van der Waals surface area contributed by atoms with E-state index in [1.165, 1.54) is 0 Å². The highest BCUT2D eigenvalue weighted by atomic mass is 32.2. The topological polar surface area (TPSA) is 98.2 Å². The van der Waals surface area contributed by atoms with Crippen molar-refractivity contribution in [2.45, 2.75) is 6.92 Å². The molecule has 144 valence electrons. The Labute approximate surface area is 163 Å². The molecule has 0 amide bonds. The van der Waals surface area contributed by atoms with Crippen LogP contribution in [0, 0.1) is 0 Å². The van der Waals surface area contributed by atoms with Crippen molar-refractivity contribution in [2.24, 2.45) is 0 Å². The monoisotopic (exact) mass is 397 g/mol. The predicted molar refractivity (Wildman–Crippen MR) is 107 cm³/mol. The van der Waals surface area contributed by atoms with Crippen molar-refractivity contribution < 1.29 is 17.9 Å². The molecule has 3 aromatic rings. The van der Waals surface area contributed by atoms with E-state index in [9.17, 15) is 13.2 Å². The van der Waals surface area contributed by atoms with E-state index in [2.05, 4.69) is 14.7 Å². The maximum Gasteiger partial charge on any atom is 0.323 e. The lowest BCUT2D eigenvalue weighted by Gasteiger charge is -2.11. The third-order valence-corrected chi connectivity index (χ3v) is 4.83. The molecule has 0 aliphatic rings. The summed E-state index contributed by atoms with van der Waals surface area (Å²) in [5.74, 6) is -1.75. The van der Waals surface area contributed by atoms with E-state index in [1.54, 1.807) is 13.0 Å². The second kappa shape index (κ2) is 8.62. The second-order valence-electron chi connectivity index (χ2n) is 5.86. The minimum atomic E-state index is -4.00. The quantitative estimate of drug-likeness (QED) is 0.615. The Kier molecular flexibility index (Phi) is 6.00. The number of anilines is 1. The van der Waals surface area contributed by atoms with Gasteiger partial charge in [0.2, 0.25) is 16.0 Å². The van der Waals surface area contributed by atoms with Gasteiger partial charge in [0.1, 0.15) is 0 Å². The van der Waals surface area contributed by atoms with Crippen LogP contribution in [-0.4, -0.2) is 36.7 Å². The van der Waals surface area contributed by atoms with Gasteiger partial charge in [0.25, 0.3) is 0 Å². The molecule has 3 rings (SSSR count). The summed E-state index contributed by atoms with van der Waals surface area (Å²) in [6, 6.07) is 20.5. The first-order chi connectivity index (χ1) is 13.5. The Morgan fingerprint density at radius 2 is 1.43 bits per heavy atom. The number of sulfonamides is 1. The molecule has 0 saturated carbocycles. The van der Waals surface area contributed by atoms with E-state index >= 15 is 0 Å². The number of aromatic nitrogens is 2. The van der Waals surface area contributed by atoms with Gasteiger partial charge in [-0.3, -0.25) is 9.52 Å². The number of nitrogens with zero attached hydrogens (tertiary/aromatic N) is 2. The van der Waals surface area contributed by atoms with Crippen molar-refractivity contribution in [3.05, 3.63) is 66.7 Å². The molecule has 8 heteroatoms. The third kappa shape index (κ3) is 5.14. The average Bonchev–Trinajstić information content (AvgIpc) is 2.68. The number of carbonyl (C=O) groups is 1. The number of rotatable bonds is 7. The molecule has 0 radical (unpaired) electrons. The van der Waals surface area contributed by atoms with Gasteiger partial charge in [-0.15, -0.1) is 0 Å². The lowest BCUT2D eigenvalue weighted by atomic mass is 10.1. The molecular formula is C20H19N3O4S. The summed E-state index contributed by atoms with van der Waals surface area (Å²) in [5.41, 5.74) is 2.74. The van der Waals surface area contributed by atoms with Crippen molar-refractivity contribution in [3.8, 4) is 22.5 Å². The summed E-state index contributed by atoms with van der Waals surface area (Å²) < 4.78 is 31.6. The highest BCUT2D eigenvalue weighted by molar-refractivity contribution is 7.93. The molecule has 0 atom stereocenters. The summed E-state index contributed by atoms with van der Waals surface area (Å²) in [5, 5.41) is 0. The zero-order chi connectivity index (χ0) is 20.0. The molecule has 0 spiro atoms. The number of nitrogens with one attached hydrogen (secondary N) is 1. The average molecular weight is 397 g/mol. The molecule has 0 aliphatic heterocycles. The minimum Gasteiger partial charge on any atom is -0.465 e. The van der Waals surface area contributed by atoms with Crippen LogP contribution in [0.3, 0.4) is 0 Å². The highest BCUT2D eigenvalue weighted by Gasteiger charge is 2.20. The molecule has 0 aliphatic carbocycles. The molecule has 0 saturated heterocycles. The molecule has 0 fully saturated rings. The smallest absolute Gasteiger partial charge is 0.323 e. The van der Waals surface area contributed by atoms with Crippen molar-refractivity contribution in [1.29, 1.82) is 0 Å². The molecule has 2 aromatic carbocycles. The van der Waals surface area contributed by atoms with Crippen LogP contribution in [0.15, 0.2) is 66.7 Å². The first-order valence-electron chi connectivity index (χ1n) is 8.63. The summed E-state index contributed by atoms with van der Waals surface area (Å²) in [7, 11) is -4.00. The van der Waals surface area contributed by atoms with Crippen LogP contribution in [0.5, 0.6) is 0 Å². The highest BCUT2D eigenvalue weighted by Crippen LogP contribution is 2.25. The molecule has 7 nitrogen and oxygen atoms in total. The fourth-order valence-corrected chi connectivity index (χ4v) is 3.37. The zero-order valence-electron chi connectivity index (χ0n) is 15.2. The maximum absolute atomic E-state index is 12.3. The van der Waals surface area contributed by atoms with Gasteiger partial charge in [0.15, 0.2) is 5.75 Å². The Morgan fingerprint density at radius 1 is 0.929 bits per heavy atom. The summed E-state index contributed by atoms with van der Waals surface area (Å²) in [6.07, 6.45) is 0. The maximum atomic E-state index is 12.3. The third-order valence-electron chi connectivity index (χ3n) is 3.73. The molecule has 0 unspecified atom stereocenters. The Balaban J connectivity index is 1.99. The van der Waals surface area contributed by atoms with Crippen LogP contribution in [-0.2, 0) is 19.6 Å². The lowest BCUT2D eigenvalue weighted by molar-refractivity contribution is -0.139. The van der Waals surface area contributed by atoms with E-state index in [0.717, 1.165) is 11.1 Å². The van der Waals surface area contributed by atoms with Gasteiger partial charge < -0.3 is 4.74 Å². The minimum absolute atomic E-state index is 0.104. The summed E-state index contributed by atoms with van der Waals surface area (Å²) >= 11 is 0. The van der Waals surface area contributed by atoms with Gasteiger partial charge >= 0.3 is 5.97 Å². The van der Waals surface area contributed by atoms with Crippen molar-refractivity contribution >= 4 is 21.9 Å². The fourth-order valence-electron chi connectivity index (χ4n) is 2.54. The number of carbonyl (C=O) groups excluding carboxylic acids is 1. The van der Waals surface area contributed by atoms with Crippen LogP contribution in [0.1, 0.15) is 6.92 Å². The van der Waals surface area contributed by atoms with Crippen LogP contribution >= 0.6 is 0 Å². The van der Waals surface area contributed by atoms with E-state index in [4.69, 9.17) is 4.74 Å². The molecule has 28 heavy (non-hydrogen) atoms. The largest absolute Gasteiger partial charge is 0.465 e. The predicted octanol–water partition coefficient (Wildman–Crippen LogP) is 3.12. The van der Waals surface area contributed by atoms with E-state index in [-0.39, 0.29) is 12.6 Å². The van der Waals surface area contributed by atoms with E-state index < -0.39 is 21.7 Å². The van der Waals surface area contributed by atoms with Crippen molar-refractivity contribution in [2.75, 3.05) is 17.1 Å². The zero-order valence-corrected chi connectivity index (χ0v) is 16.0. The summed E-state index contributed by atoms with van der Waals surface area (Å²) in [6.45, 7) is 1.71. The van der Waals surface area contributed by atoms with Gasteiger partial charge in [0, 0.05) is 11.1 Å². The van der Waals surface area contributed by atoms with Crippen LogP contribution in [0.25, 0.3) is 22.5 Å². The van der Waals surface area contributed by atoms with E-state index in [0.29, 0.717) is 11.4 Å². The molecule has 1 N–H and O–H groups in total. The number of ether oxygens (including phenoxy) is 1. The molecule has 1 heterocycles.